The fourth-order valence-electron chi connectivity index (χ4n) is 6.53. The van der Waals surface area contributed by atoms with Crippen LogP contribution >= 0.6 is 0 Å². The minimum absolute atomic E-state index is 0.362. The molecule has 0 bridgehead atoms. The number of aliphatic hydroxyl groups excluding tert-OH is 2. The van der Waals surface area contributed by atoms with Crippen molar-refractivity contribution in [2.75, 3.05) is 13.2 Å². The molecule has 0 aliphatic rings. The average Bonchev–Trinajstić information content (AvgIpc) is 3.07. The van der Waals surface area contributed by atoms with E-state index in [1.54, 1.807) is 0 Å². The van der Waals surface area contributed by atoms with Gasteiger partial charge in [0.25, 0.3) is 0 Å². The summed E-state index contributed by atoms with van der Waals surface area (Å²) in [6.45, 7) is 7.62. The molecule has 0 aliphatic carbocycles. The molecule has 0 amide bonds. The lowest BCUT2D eigenvalue weighted by atomic mass is 9.94. The van der Waals surface area contributed by atoms with Crippen LogP contribution in [0.1, 0.15) is 252 Å². The molecule has 0 aliphatic heterocycles. The minimum atomic E-state index is 0.362. The van der Waals surface area contributed by atoms with Crippen LogP contribution in [0, 0.1) is 5.92 Å². The minimum Gasteiger partial charge on any atom is -0.396 e. The monoisotopic (exact) mass is 651 g/mol. The van der Waals surface area contributed by atoms with Gasteiger partial charge in [0.1, 0.15) is 0 Å². The highest BCUT2D eigenvalue weighted by Gasteiger charge is 2.07. The van der Waals surface area contributed by atoms with Crippen LogP contribution in [0.25, 0.3) is 0 Å². The summed E-state index contributed by atoms with van der Waals surface area (Å²) in [5.74, 6) is 0.577. The van der Waals surface area contributed by atoms with E-state index in [4.69, 9.17) is 5.11 Å². The Morgan fingerprint density at radius 1 is 0.326 bits per heavy atom. The van der Waals surface area contributed by atoms with Crippen LogP contribution in [0.2, 0.25) is 0 Å². The van der Waals surface area contributed by atoms with E-state index in [1.807, 2.05) is 0 Å². The first-order valence-electron chi connectivity index (χ1n) is 21.6. The molecule has 2 nitrogen and oxygen atoms in total. The second-order valence-corrected chi connectivity index (χ2v) is 14.7. The Bertz CT molecular complexity index is 516. The molecule has 0 rings (SSSR count). The average molecular weight is 651 g/mol. The maximum Gasteiger partial charge on any atom is 0.0459 e. The summed E-state index contributed by atoms with van der Waals surface area (Å²) < 4.78 is 0. The molecule has 46 heavy (non-hydrogen) atoms. The van der Waals surface area contributed by atoms with Gasteiger partial charge in [-0.05, 0) is 50.9 Å². The van der Waals surface area contributed by atoms with E-state index < -0.39 is 0 Å². The van der Waals surface area contributed by atoms with E-state index in [2.05, 4.69) is 32.9 Å². The summed E-state index contributed by atoms with van der Waals surface area (Å²) in [5, 5.41) is 18.3. The predicted octanol–water partition coefficient (Wildman–Crippen LogP) is 15.2. The van der Waals surface area contributed by atoms with E-state index in [-0.39, 0.29) is 0 Å². The van der Waals surface area contributed by atoms with Crippen molar-refractivity contribution in [3.05, 3.63) is 12.2 Å². The molecule has 0 spiro atoms. The summed E-state index contributed by atoms with van der Waals surface area (Å²) in [4.78, 5) is 0. The molecule has 0 aromatic rings. The van der Waals surface area contributed by atoms with Gasteiger partial charge in [-0.1, -0.05) is 219 Å². The normalized spacial score (nSPS) is 12.1. The first-order valence-corrected chi connectivity index (χ1v) is 21.6. The largest absolute Gasteiger partial charge is 0.396 e. The lowest BCUT2D eigenvalue weighted by molar-refractivity contribution is 0.204. The van der Waals surface area contributed by atoms with E-state index in [9.17, 15) is 5.11 Å². The number of aliphatic hydroxyl groups is 2. The standard InChI is InChI=1S/C26H54O.C18H36O/c1-3-5-7-9-11-13-14-16-18-20-22-24-26(25-27)23-21-19-17-15-12-10-8-6-4-2;1-2-3-4-5-6-7-8-9-10-11-12-13-14-15-16-17-18-19/h26-27H,3-25H2,1-2H3;9-10,19H,2-8,11-18H2,1H3. The van der Waals surface area contributed by atoms with E-state index in [0.717, 1.165) is 6.42 Å². The first kappa shape index (κ1) is 47.8. The van der Waals surface area contributed by atoms with Crippen molar-refractivity contribution in [2.24, 2.45) is 5.92 Å². The van der Waals surface area contributed by atoms with Gasteiger partial charge in [-0.25, -0.2) is 0 Å². The zero-order valence-corrected chi connectivity index (χ0v) is 32.5. The third-order valence-electron chi connectivity index (χ3n) is 9.86. The van der Waals surface area contributed by atoms with Crippen LogP contribution in [0.5, 0.6) is 0 Å². The van der Waals surface area contributed by atoms with E-state index >= 15 is 0 Å². The fraction of sp³-hybridized carbons (Fsp3) is 0.955. The Kier molecular flexibility index (Phi) is 48.6. The highest BCUT2D eigenvalue weighted by Crippen LogP contribution is 2.19. The van der Waals surface area contributed by atoms with Crippen molar-refractivity contribution in [2.45, 2.75) is 252 Å². The highest BCUT2D eigenvalue weighted by atomic mass is 16.3. The SMILES string of the molecule is CCCCCCCCC=CCCCCCCCCO.CCCCCCCCCCCCCC(CO)CCCCCCCCCCC. The lowest BCUT2D eigenvalue weighted by Crippen LogP contribution is -2.06. The van der Waals surface area contributed by atoms with Gasteiger partial charge in [0.15, 0.2) is 0 Å². The Balaban J connectivity index is 0. The Morgan fingerprint density at radius 3 is 0.870 bits per heavy atom. The van der Waals surface area contributed by atoms with Gasteiger partial charge in [-0.15, -0.1) is 0 Å². The van der Waals surface area contributed by atoms with E-state index in [1.165, 1.54) is 225 Å². The quantitative estimate of drug-likeness (QED) is 0.0515. The van der Waals surface area contributed by atoms with E-state index in [0.29, 0.717) is 19.1 Å². The highest BCUT2D eigenvalue weighted by molar-refractivity contribution is 4.81. The molecule has 0 fully saturated rings. The number of allylic oxidation sites excluding steroid dienone is 2. The topological polar surface area (TPSA) is 40.5 Å². The molecule has 2 heteroatoms. The molecule has 0 saturated carbocycles. The van der Waals surface area contributed by atoms with Gasteiger partial charge in [0.2, 0.25) is 0 Å². The third kappa shape index (κ3) is 45.8. The summed E-state index contributed by atoms with van der Waals surface area (Å²) in [5.41, 5.74) is 0. The molecule has 2 N–H and O–H groups in total. The van der Waals surface area contributed by atoms with Gasteiger partial charge in [0, 0.05) is 13.2 Å². The molecular weight excluding hydrogens is 560 g/mol. The van der Waals surface area contributed by atoms with Crippen molar-refractivity contribution in [1.82, 2.24) is 0 Å². The van der Waals surface area contributed by atoms with Crippen molar-refractivity contribution >= 4 is 0 Å². The lowest BCUT2D eigenvalue weighted by Gasteiger charge is -2.13. The number of hydrogen-bond acceptors (Lipinski definition) is 2. The smallest absolute Gasteiger partial charge is 0.0459 e. The Morgan fingerprint density at radius 2 is 0.587 bits per heavy atom. The van der Waals surface area contributed by atoms with Gasteiger partial charge in [-0.2, -0.15) is 0 Å². The third-order valence-corrected chi connectivity index (χ3v) is 9.86. The van der Waals surface area contributed by atoms with Crippen LogP contribution in [0.3, 0.4) is 0 Å². The zero-order valence-electron chi connectivity index (χ0n) is 32.5. The van der Waals surface area contributed by atoms with Crippen molar-refractivity contribution in [3.8, 4) is 0 Å². The summed E-state index contributed by atoms with van der Waals surface area (Å²) >= 11 is 0. The summed E-state index contributed by atoms with van der Waals surface area (Å²) in [7, 11) is 0. The Hall–Kier alpha value is -0.340. The molecule has 0 aromatic heterocycles. The Labute approximate surface area is 292 Å². The maximum absolute atomic E-state index is 9.61. The van der Waals surface area contributed by atoms with Crippen LogP contribution in [-0.2, 0) is 0 Å². The molecule has 0 aromatic carbocycles. The van der Waals surface area contributed by atoms with Crippen LogP contribution in [0.15, 0.2) is 12.2 Å². The molecule has 278 valence electrons. The van der Waals surface area contributed by atoms with Gasteiger partial charge < -0.3 is 10.2 Å². The van der Waals surface area contributed by atoms with Crippen molar-refractivity contribution in [3.63, 3.8) is 0 Å². The van der Waals surface area contributed by atoms with Crippen LogP contribution in [-0.4, -0.2) is 23.4 Å². The van der Waals surface area contributed by atoms with Crippen LogP contribution < -0.4 is 0 Å². The van der Waals surface area contributed by atoms with Crippen molar-refractivity contribution in [1.29, 1.82) is 0 Å². The molecule has 0 radical (unpaired) electrons. The fourth-order valence-corrected chi connectivity index (χ4v) is 6.53. The number of rotatable bonds is 38. The van der Waals surface area contributed by atoms with Gasteiger partial charge >= 0.3 is 0 Å². The summed E-state index contributed by atoms with van der Waals surface area (Å²) in [6, 6.07) is 0. The second kappa shape index (κ2) is 46.8. The predicted molar refractivity (Wildman–Crippen MR) is 210 cm³/mol. The zero-order chi connectivity index (χ0) is 33.9. The molecule has 1 atom stereocenters. The van der Waals surface area contributed by atoms with Gasteiger partial charge in [-0.3, -0.25) is 0 Å². The molecule has 0 heterocycles. The number of hydrogen-bond donors (Lipinski definition) is 2. The summed E-state index contributed by atoms with van der Waals surface area (Å²) in [6.07, 6.45) is 53.9. The van der Waals surface area contributed by atoms with Crippen molar-refractivity contribution < 1.29 is 10.2 Å². The van der Waals surface area contributed by atoms with Gasteiger partial charge in [0.05, 0.1) is 0 Å². The molecule has 1 unspecified atom stereocenters. The molecular formula is C44H90O2. The maximum atomic E-state index is 9.61. The first-order chi connectivity index (χ1) is 22.8. The number of unbranched alkanes of at least 4 members (excludes halogenated alkanes) is 30. The second-order valence-electron chi connectivity index (χ2n) is 14.7. The van der Waals surface area contributed by atoms with Crippen LogP contribution in [0.4, 0.5) is 0 Å². The molecule has 0 saturated heterocycles.